The van der Waals surface area contributed by atoms with Crippen molar-refractivity contribution in [1.29, 1.82) is 0 Å². The van der Waals surface area contributed by atoms with E-state index in [-0.39, 0.29) is 17.5 Å². The summed E-state index contributed by atoms with van der Waals surface area (Å²) in [6.45, 7) is 1.49. The second-order valence-electron chi connectivity index (χ2n) is 6.83. The highest BCUT2D eigenvalue weighted by atomic mass is 19.1. The molecule has 2 amide bonds. The van der Waals surface area contributed by atoms with Gasteiger partial charge in [0.05, 0.1) is 5.56 Å². The Kier molecular flexibility index (Phi) is 4.44. The van der Waals surface area contributed by atoms with Crippen LogP contribution in [0.25, 0.3) is 0 Å². The Balaban J connectivity index is 1.49. The van der Waals surface area contributed by atoms with E-state index >= 15 is 0 Å². The van der Waals surface area contributed by atoms with E-state index in [0.29, 0.717) is 30.7 Å². The number of aryl methyl sites for hydroxylation is 1. The molecule has 1 aromatic heterocycles. The molecule has 0 radical (unpaired) electrons. The molecule has 136 valence electrons. The molecule has 1 aromatic carbocycles. The van der Waals surface area contributed by atoms with Crippen molar-refractivity contribution >= 4 is 11.8 Å². The number of nitrogens with zero attached hydrogens (tertiary/aromatic N) is 2. The maximum atomic E-state index is 13.8. The van der Waals surface area contributed by atoms with Gasteiger partial charge in [0, 0.05) is 31.1 Å². The molecule has 4 rings (SSSR count). The van der Waals surface area contributed by atoms with Crippen molar-refractivity contribution < 1.29 is 18.5 Å². The van der Waals surface area contributed by atoms with Crippen molar-refractivity contribution in [1.82, 2.24) is 15.4 Å². The molecular weight excluding hydrogens is 337 g/mol. The van der Waals surface area contributed by atoms with E-state index in [9.17, 15) is 14.0 Å². The Bertz CT molecular complexity index is 842. The standard InChI is InChI=1S/C19H20FN3O3/c20-15-6-2-1-5-13(15)18(24)21-12-7-8-16-14(11-12)17(22-26-16)19(25)23-9-3-4-10-23/h1-2,5-6,12H,3-4,7-11H2,(H,21,24). The average molecular weight is 357 g/mol. The monoisotopic (exact) mass is 357 g/mol. The molecule has 2 aliphatic rings. The summed E-state index contributed by atoms with van der Waals surface area (Å²) in [4.78, 5) is 26.8. The SMILES string of the molecule is O=C(NC1CCc2onc(C(=O)N3CCCC3)c2C1)c1ccccc1F. The zero-order valence-corrected chi connectivity index (χ0v) is 14.3. The summed E-state index contributed by atoms with van der Waals surface area (Å²) < 4.78 is 19.1. The summed E-state index contributed by atoms with van der Waals surface area (Å²) in [7, 11) is 0. The van der Waals surface area contributed by atoms with Gasteiger partial charge in [0.1, 0.15) is 11.6 Å². The van der Waals surface area contributed by atoms with Gasteiger partial charge in [-0.15, -0.1) is 0 Å². The molecule has 0 spiro atoms. The first-order valence-electron chi connectivity index (χ1n) is 8.95. The number of benzene rings is 1. The minimum absolute atomic E-state index is 0.0250. The summed E-state index contributed by atoms with van der Waals surface area (Å²) in [5, 5.41) is 6.86. The van der Waals surface area contributed by atoms with Crippen molar-refractivity contribution in [2.75, 3.05) is 13.1 Å². The van der Waals surface area contributed by atoms with Crippen molar-refractivity contribution in [2.45, 2.75) is 38.1 Å². The number of likely N-dealkylation sites (tertiary alicyclic amines) is 1. The van der Waals surface area contributed by atoms with Gasteiger partial charge in [-0.2, -0.15) is 0 Å². The molecule has 1 saturated heterocycles. The van der Waals surface area contributed by atoms with Crippen molar-refractivity contribution in [3.63, 3.8) is 0 Å². The molecular formula is C19H20FN3O3. The lowest BCUT2D eigenvalue weighted by Crippen LogP contribution is -2.39. The van der Waals surface area contributed by atoms with Crippen LogP contribution in [0.3, 0.4) is 0 Å². The molecule has 0 saturated carbocycles. The fourth-order valence-electron chi connectivity index (χ4n) is 3.67. The van der Waals surface area contributed by atoms with Gasteiger partial charge in [0.25, 0.3) is 11.8 Å². The van der Waals surface area contributed by atoms with E-state index in [1.165, 1.54) is 12.1 Å². The Morgan fingerprint density at radius 2 is 2.00 bits per heavy atom. The van der Waals surface area contributed by atoms with Crippen LogP contribution >= 0.6 is 0 Å². The summed E-state index contributed by atoms with van der Waals surface area (Å²) in [5.41, 5.74) is 1.15. The minimum atomic E-state index is -0.545. The van der Waals surface area contributed by atoms with E-state index in [1.807, 2.05) is 0 Å². The Labute approximate surface area is 150 Å². The first kappa shape index (κ1) is 16.8. The smallest absolute Gasteiger partial charge is 0.276 e. The van der Waals surface area contributed by atoms with Gasteiger partial charge in [-0.3, -0.25) is 9.59 Å². The van der Waals surface area contributed by atoms with Crippen LogP contribution in [0.1, 0.15) is 51.4 Å². The molecule has 6 nitrogen and oxygen atoms in total. The number of nitrogens with one attached hydrogen (secondary N) is 1. The van der Waals surface area contributed by atoms with Crippen LogP contribution in [0.4, 0.5) is 4.39 Å². The lowest BCUT2D eigenvalue weighted by molar-refractivity contribution is 0.0781. The van der Waals surface area contributed by atoms with E-state index in [4.69, 9.17) is 4.52 Å². The molecule has 26 heavy (non-hydrogen) atoms. The second-order valence-corrected chi connectivity index (χ2v) is 6.83. The van der Waals surface area contributed by atoms with E-state index in [1.54, 1.807) is 17.0 Å². The van der Waals surface area contributed by atoms with Gasteiger partial charge in [-0.25, -0.2) is 4.39 Å². The van der Waals surface area contributed by atoms with Crippen LogP contribution in [0.2, 0.25) is 0 Å². The first-order valence-corrected chi connectivity index (χ1v) is 8.95. The maximum absolute atomic E-state index is 13.8. The number of aromatic nitrogens is 1. The molecule has 1 aliphatic heterocycles. The summed E-state index contributed by atoms with van der Waals surface area (Å²) in [5.74, 6) is -0.380. The highest BCUT2D eigenvalue weighted by Crippen LogP contribution is 2.26. The summed E-state index contributed by atoms with van der Waals surface area (Å²) in [6, 6.07) is 5.72. The lowest BCUT2D eigenvalue weighted by Gasteiger charge is -2.23. The number of halogens is 1. The van der Waals surface area contributed by atoms with E-state index < -0.39 is 11.7 Å². The van der Waals surface area contributed by atoms with Crippen LogP contribution in [0.5, 0.6) is 0 Å². The molecule has 2 heterocycles. The Morgan fingerprint density at radius 1 is 1.23 bits per heavy atom. The van der Waals surface area contributed by atoms with E-state index in [0.717, 1.165) is 31.5 Å². The van der Waals surface area contributed by atoms with Crippen LogP contribution in [0.15, 0.2) is 28.8 Å². The van der Waals surface area contributed by atoms with Crippen LogP contribution in [0, 0.1) is 5.82 Å². The number of fused-ring (bicyclic) bond motifs is 1. The van der Waals surface area contributed by atoms with Gasteiger partial charge in [-0.1, -0.05) is 17.3 Å². The second kappa shape index (κ2) is 6.90. The topological polar surface area (TPSA) is 75.4 Å². The van der Waals surface area contributed by atoms with Crippen LogP contribution in [-0.2, 0) is 12.8 Å². The van der Waals surface area contributed by atoms with Crippen molar-refractivity contribution in [3.8, 4) is 0 Å². The molecule has 1 fully saturated rings. The summed E-state index contributed by atoms with van der Waals surface area (Å²) in [6.07, 6.45) is 3.74. The molecule has 1 aliphatic carbocycles. The highest BCUT2D eigenvalue weighted by Gasteiger charge is 2.32. The predicted octanol–water partition coefficient (Wildman–Crippen LogP) is 2.34. The molecule has 2 aromatic rings. The van der Waals surface area contributed by atoms with Crippen LogP contribution < -0.4 is 5.32 Å². The molecule has 0 bridgehead atoms. The van der Waals surface area contributed by atoms with Gasteiger partial charge in [0.2, 0.25) is 0 Å². The minimum Gasteiger partial charge on any atom is -0.360 e. The zero-order valence-electron chi connectivity index (χ0n) is 14.3. The van der Waals surface area contributed by atoms with Gasteiger partial charge < -0.3 is 14.7 Å². The molecule has 1 unspecified atom stereocenters. The molecule has 1 N–H and O–H groups in total. The number of hydrogen-bond acceptors (Lipinski definition) is 4. The Hall–Kier alpha value is -2.70. The molecule has 1 atom stereocenters. The average Bonchev–Trinajstić information content (AvgIpc) is 3.31. The third kappa shape index (κ3) is 3.09. The largest absolute Gasteiger partial charge is 0.360 e. The van der Waals surface area contributed by atoms with Crippen LogP contribution in [-0.4, -0.2) is 41.0 Å². The van der Waals surface area contributed by atoms with Crippen molar-refractivity contribution in [2.24, 2.45) is 0 Å². The number of hydrogen-bond donors (Lipinski definition) is 1. The number of carbonyl (C=O) groups is 2. The lowest BCUT2D eigenvalue weighted by atomic mass is 9.91. The first-order chi connectivity index (χ1) is 12.6. The summed E-state index contributed by atoms with van der Waals surface area (Å²) >= 11 is 0. The maximum Gasteiger partial charge on any atom is 0.276 e. The van der Waals surface area contributed by atoms with Gasteiger partial charge >= 0.3 is 0 Å². The third-order valence-electron chi connectivity index (χ3n) is 5.09. The van der Waals surface area contributed by atoms with E-state index in [2.05, 4.69) is 10.5 Å². The predicted molar refractivity (Wildman–Crippen MR) is 91.3 cm³/mol. The number of amides is 2. The van der Waals surface area contributed by atoms with Gasteiger partial charge in [0.15, 0.2) is 5.69 Å². The number of rotatable bonds is 3. The highest BCUT2D eigenvalue weighted by molar-refractivity contribution is 5.95. The fourth-order valence-corrected chi connectivity index (χ4v) is 3.67. The zero-order chi connectivity index (χ0) is 18.1. The van der Waals surface area contributed by atoms with Crippen molar-refractivity contribution in [3.05, 3.63) is 52.7 Å². The normalized spacial score (nSPS) is 19.3. The molecule has 7 heteroatoms. The third-order valence-corrected chi connectivity index (χ3v) is 5.09. The Morgan fingerprint density at radius 3 is 2.77 bits per heavy atom. The quantitative estimate of drug-likeness (QED) is 0.915. The number of carbonyl (C=O) groups excluding carboxylic acids is 2. The van der Waals surface area contributed by atoms with Gasteiger partial charge in [-0.05, 0) is 37.8 Å². The fraction of sp³-hybridized carbons (Fsp3) is 0.421.